The van der Waals surface area contributed by atoms with Crippen LogP contribution in [-0.2, 0) is 17.8 Å². The fourth-order valence-corrected chi connectivity index (χ4v) is 7.00. The number of hydrogen-bond donors (Lipinski definition) is 4. The summed E-state index contributed by atoms with van der Waals surface area (Å²) in [6.07, 6.45) is 3.99. The molecule has 6 rings (SSSR count). The van der Waals surface area contributed by atoms with Crippen LogP contribution in [-0.4, -0.2) is 53.3 Å². The molecule has 0 unspecified atom stereocenters. The molecule has 1 fully saturated rings. The number of aliphatic hydroxyl groups is 1. The number of nitrogens with zero attached hydrogens (tertiary/aromatic N) is 2. The van der Waals surface area contributed by atoms with Crippen molar-refractivity contribution in [2.75, 3.05) is 20.2 Å². The maximum absolute atomic E-state index is 11.5. The number of aliphatic hydroxyl groups excluding tert-OH is 1. The molecule has 0 saturated carbocycles. The van der Waals surface area contributed by atoms with Crippen LogP contribution in [0.5, 0.6) is 5.88 Å². The van der Waals surface area contributed by atoms with Crippen LogP contribution in [0.2, 0.25) is 10.0 Å². The molecule has 0 radical (unpaired) electrons. The first-order chi connectivity index (χ1) is 22.3. The lowest BCUT2D eigenvalue weighted by molar-refractivity contribution is -0.119. The Morgan fingerprint density at radius 2 is 1.61 bits per heavy atom. The third-order valence-corrected chi connectivity index (χ3v) is 9.53. The van der Waals surface area contributed by atoms with Crippen LogP contribution in [0.4, 0.5) is 0 Å². The van der Waals surface area contributed by atoms with Gasteiger partial charge < -0.3 is 25.8 Å². The fraction of sp³-hybridized carbons (Fsp3) is 0.361. The molecular weight excluding hydrogens is 621 g/mol. The Hall–Kier alpha value is -3.53. The number of hydrogen-bond acceptors (Lipinski definition) is 7. The summed E-state index contributed by atoms with van der Waals surface area (Å²) < 4.78 is 5.65. The second kappa shape index (κ2) is 14.5. The molecule has 2 aromatic heterocycles. The van der Waals surface area contributed by atoms with Gasteiger partial charge in [-0.2, -0.15) is 0 Å². The molecule has 10 heteroatoms. The number of benzene rings is 2. The first-order valence-corrected chi connectivity index (χ1v) is 16.6. The van der Waals surface area contributed by atoms with Crippen molar-refractivity contribution in [3.63, 3.8) is 0 Å². The summed E-state index contributed by atoms with van der Waals surface area (Å²) >= 11 is 14.2. The summed E-state index contributed by atoms with van der Waals surface area (Å²) in [6.45, 7) is 3.59. The highest BCUT2D eigenvalue weighted by molar-refractivity contribution is 6.39. The standard InChI is InChI=1S/C36H39Cl2N5O3/c1-21(44)18-40-29-10-5-11-30-26(29)14-16-31(42-30)27-8-3-6-24(34(27)37)25-7-4-9-28(35(25)38)32-15-12-22(36(43-32)46-2)19-39-20-23-13-17-33(45)41-23/h3-4,6-9,12,14-16,21,23,29,39-40,44H,5,10-11,13,17-20H2,1-2H3,(H,41,45)/t21-,23+,29+/m0/s1. The highest BCUT2D eigenvalue weighted by atomic mass is 35.5. The Labute approximate surface area is 279 Å². The maximum atomic E-state index is 11.5. The van der Waals surface area contributed by atoms with Gasteiger partial charge in [-0.15, -0.1) is 0 Å². The van der Waals surface area contributed by atoms with Gasteiger partial charge in [0, 0.05) is 71.6 Å². The van der Waals surface area contributed by atoms with E-state index in [2.05, 4.69) is 22.0 Å². The highest BCUT2D eigenvalue weighted by Crippen LogP contribution is 2.42. The maximum Gasteiger partial charge on any atom is 0.220 e. The third-order valence-electron chi connectivity index (χ3n) is 8.71. The van der Waals surface area contributed by atoms with Gasteiger partial charge in [0.2, 0.25) is 11.8 Å². The molecule has 2 aliphatic rings. The number of halogens is 2. The predicted octanol–water partition coefficient (Wildman–Crippen LogP) is 6.51. The molecular formula is C36H39Cl2N5O3. The number of nitrogens with one attached hydrogen (secondary N) is 3. The lowest BCUT2D eigenvalue weighted by Crippen LogP contribution is -2.35. The van der Waals surface area contributed by atoms with Crippen molar-refractivity contribution in [2.24, 2.45) is 0 Å². The zero-order chi connectivity index (χ0) is 32.2. The number of ether oxygens (including phenoxy) is 1. The quantitative estimate of drug-likeness (QED) is 0.145. The molecule has 3 atom stereocenters. The largest absolute Gasteiger partial charge is 0.481 e. The van der Waals surface area contributed by atoms with Crippen LogP contribution in [0.15, 0.2) is 60.7 Å². The summed E-state index contributed by atoms with van der Waals surface area (Å²) in [5.41, 5.74) is 7.92. The molecule has 0 spiro atoms. The summed E-state index contributed by atoms with van der Waals surface area (Å²) in [4.78, 5) is 21.3. The van der Waals surface area contributed by atoms with E-state index in [0.717, 1.165) is 64.9 Å². The number of fused-ring (bicyclic) bond motifs is 1. The molecule has 3 heterocycles. The average molecular weight is 661 g/mol. The minimum atomic E-state index is -0.400. The SMILES string of the molecule is COc1nc(-c2cccc(-c3cccc(-c4ccc5c(n4)CCC[C@H]5NC[C@H](C)O)c3Cl)c2Cl)ccc1CNC[C@H]1CCC(=O)N1. The van der Waals surface area contributed by atoms with Gasteiger partial charge in [-0.05, 0) is 50.3 Å². The minimum absolute atomic E-state index is 0.106. The van der Waals surface area contributed by atoms with Gasteiger partial charge in [0.1, 0.15) is 0 Å². The van der Waals surface area contributed by atoms with E-state index in [0.29, 0.717) is 47.7 Å². The Morgan fingerprint density at radius 1 is 0.935 bits per heavy atom. The van der Waals surface area contributed by atoms with Crippen molar-refractivity contribution in [3.05, 3.63) is 87.5 Å². The molecule has 2 aromatic carbocycles. The number of carbonyl (C=O) groups excluding carboxylic acids is 1. The zero-order valence-electron chi connectivity index (χ0n) is 26.1. The second-order valence-electron chi connectivity index (χ2n) is 12.1. The van der Waals surface area contributed by atoms with Crippen LogP contribution < -0.4 is 20.7 Å². The number of pyridine rings is 2. The monoisotopic (exact) mass is 659 g/mol. The van der Waals surface area contributed by atoms with E-state index in [1.807, 2.05) is 54.6 Å². The Bertz CT molecular complexity index is 1730. The second-order valence-corrected chi connectivity index (χ2v) is 12.8. The number of aryl methyl sites for hydroxylation is 1. The Morgan fingerprint density at radius 3 is 2.26 bits per heavy atom. The smallest absolute Gasteiger partial charge is 0.220 e. The van der Waals surface area contributed by atoms with Gasteiger partial charge in [-0.3, -0.25) is 9.78 Å². The number of methoxy groups -OCH3 is 1. The molecule has 4 aromatic rings. The molecule has 0 bridgehead atoms. The number of carbonyl (C=O) groups is 1. The van der Waals surface area contributed by atoms with Gasteiger partial charge in [-0.1, -0.05) is 71.7 Å². The van der Waals surface area contributed by atoms with E-state index in [9.17, 15) is 9.90 Å². The normalized spacial score (nSPS) is 18.2. The van der Waals surface area contributed by atoms with E-state index in [-0.39, 0.29) is 18.0 Å². The third kappa shape index (κ3) is 7.06. The Balaban J connectivity index is 1.25. The van der Waals surface area contributed by atoms with E-state index in [1.165, 1.54) is 5.56 Å². The number of aromatic nitrogens is 2. The van der Waals surface area contributed by atoms with Crippen LogP contribution in [0, 0.1) is 0 Å². The van der Waals surface area contributed by atoms with Crippen LogP contribution >= 0.6 is 23.2 Å². The lowest BCUT2D eigenvalue weighted by Gasteiger charge is -2.27. The topological polar surface area (TPSA) is 108 Å². The van der Waals surface area contributed by atoms with Crippen LogP contribution in [0.25, 0.3) is 33.6 Å². The highest BCUT2D eigenvalue weighted by Gasteiger charge is 2.24. The molecule has 1 amide bonds. The molecule has 1 saturated heterocycles. The first kappa shape index (κ1) is 32.4. The van der Waals surface area contributed by atoms with Crippen molar-refractivity contribution >= 4 is 29.1 Å². The summed E-state index contributed by atoms with van der Waals surface area (Å²) in [5, 5.41) is 20.7. The number of amides is 1. The van der Waals surface area contributed by atoms with Crippen LogP contribution in [0.3, 0.4) is 0 Å². The molecule has 8 nitrogen and oxygen atoms in total. The molecule has 46 heavy (non-hydrogen) atoms. The molecule has 240 valence electrons. The van der Waals surface area contributed by atoms with Crippen molar-refractivity contribution in [3.8, 4) is 39.5 Å². The number of rotatable bonds is 11. The summed E-state index contributed by atoms with van der Waals surface area (Å²) in [5.74, 6) is 0.623. The van der Waals surface area contributed by atoms with E-state index in [1.54, 1.807) is 14.0 Å². The molecule has 4 N–H and O–H groups in total. The summed E-state index contributed by atoms with van der Waals surface area (Å²) in [7, 11) is 1.61. The molecule has 1 aliphatic heterocycles. The van der Waals surface area contributed by atoms with Crippen molar-refractivity contribution in [1.29, 1.82) is 0 Å². The van der Waals surface area contributed by atoms with Crippen molar-refractivity contribution in [1.82, 2.24) is 25.9 Å². The van der Waals surface area contributed by atoms with Gasteiger partial charge in [0.25, 0.3) is 0 Å². The van der Waals surface area contributed by atoms with E-state index >= 15 is 0 Å². The van der Waals surface area contributed by atoms with Crippen molar-refractivity contribution < 1.29 is 14.6 Å². The average Bonchev–Trinajstić information content (AvgIpc) is 3.48. The van der Waals surface area contributed by atoms with Crippen molar-refractivity contribution in [2.45, 2.75) is 63.8 Å². The lowest BCUT2D eigenvalue weighted by atomic mass is 9.90. The fourth-order valence-electron chi connectivity index (χ4n) is 6.35. The van der Waals surface area contributed by atoms with Gasteiger partial charge in [0.15, 0.2) is 0 Å². The van der Waals surface area contributed by atoms with Crippen LogP contribution in [0.1, 0.15) is 55.5 Å². The molecule has 1 aliphatic carbocycles. The Kier molecular flexibility index (Phi) is 10.2. The van der Waals surface area contributed by atoms with Gasteiger partial charge in [0.05, 0.1) is 34.6 Å². The van der Waals surface area contributed by atoms with Gasteiger partial charge >= 0.3 is 0 Å². The van der Waals surface area contributed by atoms with Gasteiger partial charge in [-0.25, -0.2) is 4.98 Å². The predicted molar refractivity (Wildman–Crippen MR) is 183 cm³/mol. The first-order valence-electron chi connectivity index (χ1n) is 15.9. The zero-order valence-corrected chi connectivity index (χ0v) is 27.6. The van der Waals surface area contributed by atoms with E-state index < -0.39 is 6.10 Å². The van der Waals surface area contributed by atoms with E-state index in [4.69, 9.17) is 37.9 Å². The minimum Gasteiger partial charge on any atom is -0.481 e. The summed E-state index contributed by atoms with van der Waals surface area (Å²) in [6, 6.07) is 20.2.